The normalized spacial score (nSPS) is 11.1. The molecule has 0 aliphatic rings. The number of pyridine rings is 1. The summed E-state index contributed by atoms with van der Waals surface area (Å²) in [6.07, 6.45) is 3.93. The van der Waals surface area contributed by atoms with E-state index >= 15 is 0 Å². The minimum Gasteiger partial charge on any atom is -0.383 e. The molecule has 0 saturated heterocycles. The van der Waals surface area contributed by atoms with Crippen molar-refractivity contribution in [2.75, 3.05) is 5.73 Å². The number of H-pyrrole nitrogens is 1. The SMILES string of the molecule is Cc1cccn2cc(CSc3nc(N)cc(=O)[nH]3)nc12. The molecule has 0 unspecified atom stereocenters. The van der Waals surface area contributed by atoms with Crippen molar-refractivity contribution in [2.24, 2.45) is 0 Å². The van der Waals surface area contributed by atoms with Crippen molar-refractivity contribution in [1.82, 2.24) is 19.4 Å². The standard InChI is InChI=1S/C13H13N5OS/c1-8-3-2-4-18-6-9(15-12(8)18)7-20-13-16-10(14)5-11(19)17-13/h2-6H,7H2,1H3,(H3,14,16,17,19). The summed E-state index contributed by atoms with van der Waals surface area (Å²) in [5.74, 6) is 0.843. The van der Waals surface area contributed by atoms with Crippen molar-refractivity contribution in [3.05, 3.63) is 52.2 Å². The molecule has 0 amide bonds. The van der Waals surface area contributed by atoms with Crippen LogP contribution >= 0.6 is 11.8 Å². The van der Waals surface area contributed by atoms with E-state index < -0.39 is 0 Å². The maximum absolute atomic E-state index is 11.3. The Labute approximate surface area is 119 Å². The van der Waals surface area contributed by atoms with E-state index in [0.717, 1.165) is 16.9 Å². The van der Waals surface area contributed by atoms with Crippen molar-refractivity contribution < 1.29 is 0 Å². The smallest absolute Gasteiger partial charge is 0.253 e. The Hall–Kier alpha value is -2.28. The maximum atomic E-state index is 11.3. The topological polar surface area (TPSA) is 89.1 Å². The number of rotatable bonds is 3. The van der Waals surface area contributed by atoms with Crippen LogP contribution in [-0.4, -0.2) is 19.4 Å². The number of hydrogen-bond acceptors (Lipinski definition) is 5. The monoisotopic (exact) mass is 287 g/mol. The fourth-order valence-corrected chi connectivity index (χ4v) is 2.70. The van der Waals surface area contributed by atoms with Gasteiger partial charge in [-0.15, -0.1) is 0 Å². The average molecular weight is 287 g/mol. The quantitative estimate of drug-likeness (QED) is 0.564. The molecule has 3 rings (SSSR count). The summed E-state index contributed by atoms with van der Waals surface area (Å²) in [5.41, 5.74) is 8.29. The van der Waals surface area contributed by atoms with Crippen LogP contribution in [0.25, 0.3) is 5.65 Å². The van der Waals surface area contributed by atoms with Gasteiger partial charge in [-0.05, 0) is 18.6 Å². The number of aromatic amines is 1. The number of nitrogens with two attached hydrogens (primary N) is 1. The van der Waals surface area contributed by atoms with E-state index in [1.54, 1.807) is 0 Å². The van der Waals surface area contributed by atoms with Gasteiger partial charge in [-0.25, -0.2) is 9.97 Å². The summed E-state index contributed by atoms with van der Waals surface area (Å²) in [6, 6.07) is 5.27. The lowest BCUT2D eigenvalue weighted by Gasteiger charge is -1.99. The first-order valence-electron chi connectivity index (χ1n) is 6.04. The third kappa shape index (κ3) is 2.53. The highest BCUT2D eigenvalue weighted by atomic mass is 32.2. The molecule has 0 radical (unpaired) electrons. The molecule has 0 aliphatic carbocycles. The van der Waals surface area contributed by atoms with E-state index in [-0.39, 0.29) is 11.4 Å². The van der Waals surface area contributed by atoms with Gasteiger partial charge in [-0.3, -0.25) is 4.79 Å². The van der Waals surface area contributed by atoms with Crippen molar-refractivity contribution in [1.29, 1.82) is 0 Å². The fourth-order valence-electron chi connectivity index (χ4n) is 1.94. The predicted molar refractivity (Wildman–Crippen MR) is 78.8 cm³/mol. The molecule has 3 aromatic heterocycles. The van der Waals surface area contributed by atoms with Gasteiger partial charge in [-0.1, -0.05) is 17.8 Å². The van der Waals surface area contributed by atoms with Gasteiger partial charge < -0.3 is 15.1 Å². The summed E-state index contributed by atoms with van der Waals surface area (Å²) >= 11 is 1.40. The van der Waals surface area contributed by atoms with Crippen LogP contribution in [0, 0.1) is 6.92 Å². The fraction of sp³-hybridized carbons (Fsp3) is 0.154. The lowest BCUT2D eigenvalue weighted by Crippen LogP contribution is -2.09. The molecule has 0 aromatic carbocycles. The second kappa shape index (κ2) is 5.01. The zero-order chi connectivity index (χ0) is 14.1. The van der Waals surface area contributed by atoms with Crippen LogP contribution < -0.4 is 11.3 Å². The van der Waals surface area contributed by atoms with Crippen LogP contribution in [0.4, 0.5) is 5.82 Å². The highest BCUT2D eigenvalue weighted by molar-refractivity contribution is 7.98. The summed E-state index contributed by atoms with van der Waals surface area (Å²) in [4.78, 5) is 22.6. The summed E-state index contributed by atoms with van der Waals surface area (Å²) in [6.45, 7) is 2.02. The highest BCUT2D eigenvalue weighted by Gasteiger charge is 2.06. The van der Waals surface area contributed by atoms with Gasteiger partial charge in [0.1, 0.15) is 11.5 Å². The van der Waals surface area contributed by atoms with Gasteiger partial charge in [0.25, 0.3) is 5.56 Å². The first kappa shape index (κ1) is 12.7. The van der Waals surface area contributed by atoms with Gasteiger partial charge in [0.15, 0.2) is 5.16 Å². The third-order valence-corrected chi connectivity index (χ3v) is 3.73. The molecule has 20 heavy (non-hydrogen) atoms. The Morgan fingerprint density at radius 1 is 1.45 bits per heavy atom. The molecule has 0 spiro atoms. The van der Waals surface area contributed by atoms with E-state index in [1.165, 1.54) is 17.8 Å². The molecular formula is C13H13N5OS. The predicted octanol–water partition coefficient (Wildman–Crippen LogP) is 1.60. The molecule has 3 heterocycles. The first-order valence-corrected chi connectivity index (χ1v) is 7.03. The molecule has 0 fully saturated rings. The maximum Gasteiger partial charge on any atom is 0.253 e. The number of nitrogens with zero attached hydrogens (tertiary/aromatic N) is 3. The van der Waals surface area contributed by atoms with Crippen LogP contribution in [0.5, 0.6) is 0 Å². The number of aromatic nitrogens is 4. The average Bonchev–Trinajstić information content (AvgIpc) is 2.80. The minimum atomic E-state index is -0.245. The van der Waals surface area contributed by atoms with Crippen LogP contribution in [-0.2, 0) is 5.75 Å². The van der Waals surface area contributed by atoms with Crippen LogP contribution in [0.1, 0.15) is 11.3 Å². The van der Waals surface area contributed by atoms with Crippen LogP contribution in [0.15, 0.2) is 40.5 Å². The number of hydrogen-bond donors (Lipinski definition) is 2. The first-order chi connectivity index (χ1) is 9.61. The van der Waals surface area contributed by atoms with Gasteiger partial charge >= 0.3 is 0 Å². The molecule has 3 aromatic rings. The highest BCUT2D eigenvalue weighted by Crippen LogP contribution is 2.19. The lowest BCUT2D eigenvalue weighted by molar-refractivity contribution is 0.944. The molecular weight excluding hydrogens is 274 g/mol. The molecule has 0 aliphatic heterocycles. The summed E-state index contributed by atoms with van der Waals surface area (Å²) in [5, 5.41) is 0.503. The van der Waals surface area contributed by atoms with Crippen molar-refractivity contribution in [2.45, 2.75) is 17.8 Å². The number of thioether (sulfide) groups is 1. The van der Waals surface area contributed by atoms with Gasteiger partial charge in [-0.2, -0.15) is 0 Å². The third-order valence-electron chi connectivity index (χ3n) is 2.82. The van der Waals surface area contributed by atoms with Crippen molar-refractivity contribution in [3.63, 3.8) is 0 Å². The molecule has 0 saturated carbocycles. The molecule has 3 N–H and O–H groups in total. The van der Waals surface area contributed by atoms with E-state index in [9.17, 15) is 4.79 Å². The van der Waals surface area contributed by atoms with Crippen molar-refractivity contribution in [3.8, 4) is 0 Å². The zero-order valence-corrected chi connectivity index (χ0v) is 11.6. The Morgan fingerprint density at radius 2 is 2.30 bits per heavy atom. The number of nitrogen functional groups attached to an aromatic ring is 1. The van der Waals surface area contributed by atoms with Gasteiger partial charge in [0, 0.05) is 24.2 Å². The van der Waals surface area contributed by atoms with E-state index in [4.69, 9.17) is 5.73 Å². The summed E-state index contributed by atoms with van der Waals surface area (Å²) in [7, 11) is 0. The van der Waals surface area contributed by atoms with Crippen LogP contribution in [0.3, 0.4) is 0 Å². The Balaban J connectivity index is 1.83. The second-order valence-electron chi connectivity index (χ2n) is 4.42. The number of anilines is 1. The molecule has 6 nitrogen and oxygen atoms in total. The number of imidazole rings is 1. The van der Waals surface area contributed by atoms with E-state index in [0.29, 0.717) is 10.9 Å². The number of nitrogens with one attached hydrogen (secondary N) is 1. The van der Waals surface area contributed by atoms with E-state index in [1.807, 2.05) is 35.9 Å². The van der Waals surface area contributed by atoms with E-state index in [2.05, 4.69) is 15.0 Å². The molecule has 0 bridgehead atoms. The second-order valence-corrected chi connectivity index (χ2v) is 5.38. The number of aryl methyl sites for hydroxylation is 1. The summed E-state index contributed by atoms with van der Waals surface area (Å²) < 4.78 is 1.99. The van der Waals surface area contributed by atoms with Crippen LogP contribution in [0.2, 0.25) is 0 Å². The number of fused-ring (bicyclic) bond motifs is 1. The largest absolute Gasteiger partial charge is 0.383 e. The Kier molecular flexibility index (Phi) is 3.19. The molecule has 102 valence electrons. The van der Waals surface area contributed by atoms with Gasteiger partial charge in [0.2, 0.25) is 0 Å². The molecule has 0 atom stereocenters. The zero-order valence-electron chi connectivity index (χ0n) is 10.8. The Bertz CT molecular complexity index is 823. The lowest BCUT2D eigenvalue weighted by atomic mass is 10.3. The van der Waals surface area contributed by atoms with Crippen molar-refractivity contribution >= 4 is 23.2 Å². The molecule has 7 heteroatoms. The minimum absolute atomic E-state index is 0.224. The Morgan fingerprint density at radius 3 is 3.05 bits per heavy atom. The van der Waals surface area contributed by atoms with Gasteiger partial charge in [0.05, 0.1) is 5.69 Å².